The van der Waals surface area contributed by atoms with Gasteiger partial charge >= 0.3 is 0 Å². The molecule has 0 saturated carbocycles. The molecule has 1 rings (SSSR count). The van der Waals surface area contributed by atoms with Crippen LogP contribution in [0.4, 0.5) is 4.39 Å². The molecule has 0 unspecified atom stereocenters. The first kappa shape index (κ1) is 9.19. The molecule has 0 saturated heterocycles. The first-order chi connectivity index (χ1) is 5.54. The van der Waals surface area contributed by atoms with Crippen LogP contribution in [-0.2, 0) is 0 Å². The topological polar surface area (TPSA) is 43.1 Å². The smallest absolute Gasteiger partial charge is 0.251 e. The SMILES string of the molecule is Cc1c(Br)ccc(C(N)=O)c1F. The molecule has 1 aromatic rings. The van der Waals surface area contributed by atoms with E-state index in [-0.39, 0.29) is 5.56 Å². The molecule has 0 radical (unpaired) electrons. The second kappa shape index (κ2) is 3.23. The van der Waals surface area contributed by atoms with Crippen molar-refractivity contribution >= 4 is 21.8 Å². The van der Waals surface area contributed by atoms with Crippen molar-refractivity contribution in [1.29, 1.82) is 0 Å². The fourth-order valence-electron chi connectivity index (χ4n) is 0.852. The average Bonchev–Trinajstić information content (AvgIpc) is 2.00. The third-order valence-corrected chi connectivity index (χ3v) is 2.44. The number of halogens is 2. The third-order valence-electron chi connectivity index (χ3n) is 1.59. The van der Waals surface area contributed by atoms with Crippen LogP contribution >= 0.6 is 15.9 Å². The van der Waals surface area contributed by atoms with Gasteiger partial charge in [0.2, 0.25) is 0 Å². The maximum absolute atomic E-state index is 13.2. The molecule has 2 nitrogen and oxygen atoms in total. The number of hydrogen-bond donors (Lipinski definition) is 1. The molecule has 0 fully saturated rings. The first-order valence-corrected chi connectivity index (χ1v) is 4.07. The fourth-order valence-corrected chi connectivity index (χ4v) is 1.16. The van der Waals surface area contributed by atoms with Gasteiger partial charge in [0, 0.05) is 4.47 Å². The van der Waals surface area contributed by atoms with E-state index in [1.807, 2.05) is 0 Å². The molecule has 0 aliphatic carbocycles. The Morgan fingerprint density at radius 1 is 1.58 bits per heavy atom. The van der Waals surface area contributed by atoms with Crippen molar-refractivity contribution in [2.24, 2.45) is 5.73 Å². The van der Waals surface area contributed by atoms with Crippen molar-refractivity contribution in [1.82, 2.24) is 0 Å². The zero-order valence-corrected chi connectivity index (χ0v) is 7.98. The van der Waals surface area contributed by atoms with E-state index >= 15 is 0 Å². The fraction of sp³-hybridized carbons (Fsp3) is 0.125. The predicted molar refractivity (Wildman–Crippen MR) is 47.4 cm³/mol. The second-order valence-corrected chi connectivity index (χ2v) is 3.25. The lowest BCUT2D eigenvalue weighted by Gasteiger charge is -2.02. The molecule has 0 spiro atoms. The van der Waals surface area contributed by atoms with Gasteiger partial charge in [-0.3, -0.25) is 4.79 Å². The van der Waals surface area contributed by atoms with Crippen LogP contribution in [0.2, 0.25) is 0 Å². The molecular weight excluding hydrogens is 225 g/mol. The third kappa shape index (κ3) is 1.48. The lowest BCUT2D eigenvalue weighted by atomic mass is 10.1. The number of carbonyl (C=O) groups is 1. The molecule has 0 aromatic heterocycles. The van der Waals surface area contributed by atoms with Crippen molar-refractivity contribution in [2.45, 2.75) is 6.92 Å². The van der Waals surface area contributed by atoms with Gasteiger partial charge in [0.1, 0.15) is 5.82 Å². The van der Waals surface area contributed by atoms with Crippen LogP contribution < -0.4 is 5.73 Å². The lowest BCUT2D eigenvalue weighted by molar-refractivity contribution is 0.0996. The molecule has 4 heteroatoms. The standard InChI is InChI=1S/C8H7BrFNO/c1-4-6(9)3-2-5(7(4)10)8(11)12/h2-3H,1H3,(H2,11,12). The maximum atomic E-state index is 13.2. The molecule has 0 aliphatic rings. The Labute approximate surface area is 77.7 Å². The highest BCUT2D eigenvalue weighted by Gasteiger charge is 2.11. The van der Waals surface area contributed by atoms with Gasteiger partial charge in [-0.2, -0.15) is 0 Å². The summed E-state index contributed by atoms with van der Waals surface area (Å²) >= 11 is 3.14. The van der Waals surface area contributed by atoms with Crippen LogP contribution in [0.5, 0.6) is 0 Å². The van der Waals surface area contributed by atoms with E-state index in [4.69, 9.17) is 5.73 Å². The summed E-state index contributed by atoms with van der Waals surface area (Å²) in [5.41, 5.74) is 5.26. The molecule has 1 amide bonds. The Bertz CT molecular complexity index is 338. The van der Waals surface area contributed by atoms with Gasteiger partial charge in [-0.25, -0.2) is 4.39 Å². The molecule has 12 heavy (non-hydrogen) atoms. The number of benzene rings is 1. The molecule has 1 aromatic carbocycles. The van der Waals surface area contributed by atoms with Crippen LogP contribution in [0.15, 0.2) is 16.6 Å². The molecular formula is C8H7BrFNO. The van der Waals surface area contributed by atoms with Gasteiger partial charge in [-0.05, 0) is 24.6 Å². The quantitative estimate of drug-likeness (QED) is 0.790. The summed E-state index contributed by atoms with van der Waals surface area (Å²) in [5, 5.41) is 0. The van der Waals surface area contributed by atoms with Crippen molar-refractivity contribution < 1.29 is 9.18 Å². The van der Waals surface area contributed by atoms with Crippen LogP contribution in [0.3, 0.4) is 0 Å². The zero-order chi connectivity index (χ0) is 9.30. The first-order valence-electron chi connectivity index (χ1n) is 3.28. The normalized spacial score (nSPS) is 9.92. The van der Waals surface area contributed by atoms with E-state index in [0.29, 0.717) is 10.0 Å². The summed E-state index contributed by atoms with van der Waals surface area (Å²) in [6.07, 6.45) is 0. The van der Waals surface area contributed by atoms with Gasteiger partial charge in [0.25, 0.3) is 5.91 Å². The summed E-state index contributed by atoms with van der Waals surface area (Å²) in [6, 6.07) is 2.95. The molecule has 2 N–H and O–H groups in total. The van der Waals surface area contributed by atoms with Crippen molar-refractivity contribution in [3.8, 4) is 0 Å². The number of nitrogens with two attached hydrogens (primary N) is 1. The number of amides is 1. The van der Waals surface area contributed by atoms with Crippen molar-refractivity contribution in [3.05, 3.63) is 33.5 Å². The number of hydrogen-bond acceptors (Lipinski definition) is 1. The highest BCUT2D eigenvalue weighted by Crippen LogP contribution is 2.21. The lowest BCUT2D eigenvalue weighted by Crippen LogP contribution is -2.13. The number of rotatable bonds is 1. The Hall–Kier alpha value is -0.900. The van der Waals surface area contributed by atoms with Crippen LogP contribution in [-0.4, -0.2) is 5.91 Å². The van der Waals surface area contributed by atoms with E-state index in [2.05, 4.69) is 15.9 Å². The summed E-state index contributed by atoms with van der Waals surface area (Å²) in [7, 11) is 0. The van der Waals surface area contributed by atoms with Crippen LogP contribution in [0, 0.1) is 12.7 Å². The minimum atomic E-state index is -0.747. The van der Waals surface area contributed by atoms with Gasteiger partial charge in [-0.1, -0.05) is 15.9 Å². The minimum Gasteiger partial charge on any atom is -0.366 e. The average molecular weight is 232 g/mol. The van der Waals surface area contributed by atoms with Crippen LogP contribution in [0.25, 0.3) is 0 Å². The Kier molecular flexibility index (Phi) is 2.47. The number of primary amides is 1. The Morgan fingerprint density at radius 2 is 2.17 bits per heavy atom. The Morgan fingerprint density at radius 3 is 2.67 bits per heavy atom. The number of carbonyl (C=O) groups excluding carboxylic acids is 1. The molecule has 64 valence electrons. The molecule has 0 heterocycles. The van der Waals surface area contributed by atoms with E-state index in [1.165, 1.54) is 6.07 Å². The van der Waals surface area contributed by atoms with E-state index in [0.717, 1.165) is 0 Å². The van der Waals surface area contributed by atoms with Crippen molar-refractivity contribution in [2.75, 3.05) is 0 Å². The largest absolute Gasteiger partial charge is 0.366 e. The summed E-state index contributed by atoms with van der Waals surface area (Å²) in [4.78, 5) is 10.7. The maximum Gasteiger partial charge on any atom is 0.251 e. The van der Waals surface area contributed by atoms with E-state index in [1.54, 1.807) is 13.0 Å². The van der Waals surface area contributed by atoms with E-state index in [9.17, 15) is 9.18 Å². The predicted octanol–water partition coefficient (Wildman–Crippen LogP) is 2.00. The molecule has 0 bridgehead atoms. The highest BCUT2D eigenvalue weighted by molar-refractivity contribution is 9.10. The van der Waals surface area contributed by atoms with Gasteiger partial charge in [-0.15, -0.1) is 0 Å². The minimum absolute atomic E-state index is 0.0734. The molecule has 0 atom stereocenters. The van der Waals surface area contributed by atoms with E-state index < -0.39 is 11.7 Å². The van der Waals surface area contributed by atoms with Crippen molar-refractivity contribution in [3.63, 3.8) is 0 Å². The Balaban J connectivity index is 3.36. The van der Waals surface area contributed by atoms with Gasteiger partial charge < -0.3 is 5.73 Å². The highest BCUT2D eigenvalue weighted by atomic mass is 79.9. The van der Waals surface area contributed by atoms with Crippen LogP contribution in [0.1, 0.15) is 15.9 Å². The molecule has 0 aliphatic heterocycles. The summed E-state index contributed by atoms with van der Waals surface area (Å²) in [5.74, 6) is -1.31. The zero-order valence-electron chi connectivity index (χ0n) is 6.40. The second-order valence-electron chi connectivity index (χ2n) is 2.40. The summed E-state index contributed by atoms with van der Waals surface area (Å²) in [6.45, 7) is 1.58. The monoisotopic (exact) mass is 231 g/mol. The summed E-state index contributed by atoms with van der Waals surface area (Å²) < 4.78 is 13.8. The van der Waals surface area contributed by atoms with Gasteiger partial charge in [0.15, 0.2) is 0 Å². The van der Waals surface area contributed by atoms with Gasteiger partial charge in [0.05, 0.1) is 5.56 Å².